The lowest BCUT2D eigenvalue weighted by molar-refractivity contribution is 0.0951. The summed E-state index contributed by atoms with van der Waals surface area (Å²) in [4.78, 5) is 12.0. The van der Waals surface area contributed by atoms with E-state index in [1.165, 1.54) is 0 Å². The third-order valence-corrected chi connectivity index (χ3v) is 3.26. The first-order valence-corrected chi connectivity index (χ1v) is 6.12. The molecule has 5 nitrogen and oxygen atoms in total. The molecule has 20 heavy (non-hydrogen) atoms. The maximum atomic E-state index is 12.0. The summed E-state index contributed by atoms with van der Waals surface area (Å²) < 4.78 is 1.82. The van der Waals surface area contributed by atoms with Crippen molar-refractivity contribution in [3.63, 3.8) is 0 Å². The van der Waals surface area contributed by atoms with Gasteiger partial charge in [0.15, 0.2) is 0 Å². The topological polar surface area (TPSA) is 72.9 Å². The minimum absolute atomic E-state index is 0. The van der Waals surface area contributed by atoms with Gasteiger partial charge in [-0.15, -0.1) is 12.4 Å². The minimum Gasteiger partial charge on any atom is -0.399 e. The molecule has 0 spiro atoms. The van der Waals surface area contributed by atoms with Crippen LogP contribution in [0.3, 0.4) is 0 Å². The molecule has 2 aromatic rings. The Morgan fingerprint density at radius 3 is 2.40 bits per heavy atom. The van der Waals surface area contributed by atoms with Gasteiger partial charge in [0.05, 0.1) is 5.69 Å². The summed E-state index contributed by atoms with van der Waals surface area (Å²) in [6, 6.07) is 6.87. The molecule has 0 bridgehead atoms. The van der Waals surface area contributed by atoms with Gasteiger partial charge in [-0.3, -0.25) is 9.48 Å². The second-order valence-corrected chi connectivity index (χ2v) is 4.58. The SMILES string of the molecule is Cc1nn(C)c(C)c1CNC(=O)c1ccc(N)cc1.Cl. The van der Waals surface area contributed by atoms with Gasteiger partial charge in [0.2, 0.25) is 0 Å². The number of aryl methyl sites for hydroxylation is 2. The number of amides is 1. The van der Waals surface area contributed by atoms with Gasteiger partial charge in [0.25, 0.3) is 5.91 Å². The summed E-state index contributed by atoms with van der Waals surface area (Å²) in [6.07, 6.45) is 0. The summed E-state index contributed by atoms with van der Waals surface area (Å²) in [7, 11) is 1.90. The van der Waals surface area contributed by atoms with Gasteiger partial charge in [-0.2, -0.15) is 5.10 Å². The van der Waals surface area contributed by atoms with Crippen LogP contribution in [-0.2, 0) is 13.6 Å². The second-order valence-electron chi connectivity index (χ2n) is 4.58. The average Bonchev–Trinajstić information content (AvgIpc) is 2.62. The standard InChI is InChI=1S/C14H18N4O.ClH/c1-9-13(10(2)18(3)17-9)8-16-14(19)11-4-6-12(15)7-5-11;/h4-7H,8,15H2,1-3H3,(H,16,19);1H. The Morgan fingerprint density at radius 2 is 1.90 bits per heavy atom. The number of halogens is 1. The maximum absolute atomic E-state index is 12.0. The molecular formula is C14H19ClN4O. The van der Waals surface area contributed by atoms with Gasteiger partial charge in [-0.1, -0.05) is 0 Å². The van der Waals surface area contributed by atoms with Gasteiger partial charge in [0, 0.05) is 36.1 Å². The van der Waals surface area contributed by atoms with E-state index in [1.807, 2.05) is 25.6 Å². The molecule has 0 saturated carbocycles. The Balaban J connectivity index is 0.00000200. The molecule has 0 unspecified atom stereocenters. The molecule has 0 aliphatic rings. The number of nitrogen functional groups attached to an aromatic ring is 1. The highest BCUT2D eigenvalue weighted by Crippen LogP contribution is 2.12. The lowest BCUT2D eigenvalue weighted by atomic mass is 10.1. The number of hydrogen-bond donors (Lipinski definition) is 2. The van der Waals surface area contributed by atoms with Gasteiger partial charge in [-0.05, 0) is 38.1 Å². The first-order chi connectivity index (χ1) is 8.99. The monoisotopic (exact) mass is 294 g/mol. The van der Waals surface area contributed by atoms with E-state index < -0.39 is 0 Å². The number of carbonyl (C=O) groups is 1. The van der Waals surface area contributed by atoms with Crippen LogP contribution in [0.4, 0.5) is 5.69 Å². The molecule has 1 amide bonds. The normalized spacial score (nSPS) is 9.95. The van der Waals surface area contributed by atoms with Crippen molar-refractivity contribution >= 4 is 24.0 Å². The highest BCUT2D eigenvalue weighted by Gasteiger charge is 2.11. The molecule has 0 aliphatic carbocycles. The zero-order chi connectivity index (χ0) is 14.0. The fourth-order valence-electron chi connectivity index (χ4n) is 1.98. The Bertz CT molecular complexity index is 604. The van der Waals surface area contributed by atoms with Crippen molar-refractivity contribution in [1.82, 2.24) is 15.1 Å². The van der Waals surface area contributed by atoms with Crippen LogP contribution in [0.15, 0.2) is 24.3 Å². The van der Waals surface area contributed by atoms with E-state index in [4.69, 9.17) is 5.73 Å². The molecule has 0 atom stereocenters. The number of anilines is 1. The number of hydrogen-bond acceptors (Lipinski definition) is 3. The Morgan fingerprint density at radius 1 is 1.30 bits per heavy atom. The van der Waals surface area contributed by atoms with Gasteiger partial charge >= 0.3 is 0 Å². The molecule has 3 N–H and O–H groups in total. The van der Waals surface area contributed by atoms with E-state index in [1.54, 1.807) is 24.3 Å². The molecule has 6 heteroatoms. The Kier molecular flexibility index (Phi) is 5.16. The Hall–Kier alpha value is -2.01. The number of nitrogens with zero attached hydrogens (tertiary/aromatic N) is 2. The van der Waals surface area contributed by atoms with Crippen LogP contribution in [0.25, 0.3) is 0 Å². The van der Waals surface area contributed by atoms with E-state index in [-0.39, 0.29) is 18.3 Å². The highest BCUT2D eigenvalue weighted by atomic mass is 35.5. The predicted molar refractivity (Wildman–Crippen MR) is 82.0 cm³/mol. The minimum atomic E-state index is -0.109. The summed E-state index contributed by atoms with van der Waals surface area (Å²) in [6.45, 7) is 4.41. The summed E-state index contributed by atoms with van der Waals surface area (Å²) in [5, 5.41) is 7.22. The van der Waals surface area contributed by atoms with Crippen molar-refractivity contribution in [2.45, 2.75) is 20.4 Å². The van der Waals surface area contributed by atoms with E-state index in [9.17, 15) is 4.79 Å². The average molecular weight is 295 g/mol. The van der Waals surface area contributed by atoms with E-state index in [0.717, 1.165) is 17.0 Å². The van der Waals surface area contributed by atoms with E-state index in [0.29, 0.717) is 17.8 Å². The summed E-state index contributed by atoms with van der Waals surface area (Å²) in [5.41, 5.74) is 9.91. The zero-order valence-electron chi connectivity index (χ0n) is 11.8. The predicted octanol–water partition coefficient (Wildman–Crippen LogP) is 1.97. The first kappa shape index (κ1) is 16.0. The third kappa shape index (κ3) is 3.30. The molecule has 0 saturated heterocycles. The maximum Gasteiger partial charge on any atom is 0.251 e. The first-order valence-electron chi connectivity index (χ1n) is 6.12. The zero-order valence-corrected chi connectivity index (χ0v) is 12.6. The van der Waals surface area contributed by atoms with Crippen LogP contribution >= 0.6 is 12.4 Å². The number of aromatic nitrogens is 2. The number of nitrogens with two attached hydrogens (primary N) is 1. The van der Waals surface area contributed by atoms with Gasteiger partial charge in [0.1, 0.15) is 0 Å². The van der Waals surface area contributed by atoms with Crippen molar-refractivity contribution < 1.29 is 4.79 Å². The van der Waals surface area contributed by atoms with Crippen LogP contribution in [0.2, 0.25) is 0 Å². The van der Waals surface area contributed by atoms with E-state index in [2.05, 4.69) is 10.4 Å². The van der Waals surface area contributed by atoms with Crippen LogP contribution in [0, 0.1) is 13.8 Å². The largest absolute Gasteiger partial charge is 0.399 e. The smallest absolute Gasteiger partial charge is 0.251 e. The van der Waals surface area contributed by atoms with Crippen molar-refractivity contribution in [2.24, 2.45) is 7.05 Å². The summed E-state index contributed by atoms with van der Waals surface area (Å²) >= 11 is 0. The van der Waals surface area contributed by atoms with Gasteiger partial charge in [-0.25, -0.2) is 0 Å². The Labute approximate surface area is 124 Å². The number of rotatable bonds is 3. The van der Waals surface area contributed by atoms with Crippen LogP contribution in [-0.4, -0.2) is 15.7 Å². The third-order valence-electron chi connectivity index (χ3n) is 3.26. The number of benzene rings is 1. The van der Waals surface area contributed by atoms with Crippen LogP contribution in [0.5, 0.6) is 0 Å². The van der Waals surface area contributed by atoms with Crippen molar-refractivity contribution in [3.05, 3.63) is 46.8 Å². The quantitative estimate of drug-likeness (QED) is 0.850. The molecule has 2 rings (SSSR count). The van der Waals surface area contributed by atoms with Crippen molar-refractivity contribution in [3.8, 4) is 0 Å². The fourth-order valence-corrected chi connectivity index (χ4v) is 1.98. The molecule has 0 radical (unpaired) electrons. The molecule has 108 valence electrons. The van der Waals surface area contributed by atoms with E-state index >= 15 is 0 Å². The summed E-state index contributed by atoms with van der Waals surface area (Å²) in [5.74, 6) is -0.109. The van der Waals surface area contributed by atoms with Crippen molar-refractivity contribution in [1.29, 1.82) is 0 Å². The molecule has 0 fully saturated rings. The molecule has 1 heterocycles. The fraction of sp³-hybridized carbons (Fsp3) is 0.286. The van der Waals surface area contributed by atoms with Crippen molar-refractivity contribution in [2.75, 3.05) is 5.73 Å². The van der Waals surface area contributed by atoms with Crippen LogP contribution < -0.4 is 11.1 Å². The molecule has 1 aromatic heterocycles. The lowest BCUT2D eigenvalue weighted by Gasteiger charge is -2.06. The highest BCUT2D eigenvalue weighted by molar-refractivity contribution is 5.94. The second kappa shape index (κ2) is 6.43. The molecule has 1 aromatic carbocycles. The lowest BCUT2D eigenvalue weighted by Crippen LogP contribution is -2.23. The van der Waals surface area contributed by atoms with Gasteiger partial charge < -0.3 is 11.1 Å². The number of carbonyl (C=O) groups excluding carboxylic acids is 1. The molecule has 0 aliphatic heterocycles. The number of nitrogens with one attached hydrogen (secondary N) is 1. The molecular weight excluding hydrogens is 276 g/mol. The van der Waals surface area contributed by atoms with Crippen LogP contribution in [0.1, 0.15) is 27.3 Å².